The minimum absolute atomic E-state index is 0.261. The van der Waals surface area contributed by atoms with E-state index in [1.165, 1.54) is 13.2 Å². The van der Waals surface area contributed by atoms with E-state index in [-0.39, 0.29) is 16.4 Å². The molecule has 0 unspecified atom stereocenters. The standard InChI is InChI=1S/C12H13FN2O2S/c1-16-10-6-5-8(7-9(10)13)3-2-4-11-14-15-12(18)17-11/h5-7H,2-4H2,1H3,(H,15,18). The third-order valence-electron chi connectivity index (χ3n) is 2.55. The first-order valence-electron chi connectivity index (χ1n) is 5.56. The van der Waals surface area contributed by atoms with Crippen LogP contribution in [0, 0.1) is 10.7 Å². The molecule has 0 saturated heterocycles. The van der Waals surface area contributed by atoms with Crippen LogP contribution in [0.25, 0.3) is 0 Å². The zero-order valence-electron chi connectivity index (χ0n) is 9.90. The summed E-state index contributed by atoms with van der Waals surface area (Å²) in [5.41, 5.74) is 0.919. The Morgan fingerprint density at radius 3 is 2.89 bits per heavy atom. The number of methoxy groups -OCH3 is 1. The highest BCUT2D eigenvalue weighted by atomic mass is 32.1. The number of nitrogens with zero attached hydrogens (tertiary/aromatic N) is 1. The predicted molar refractivity (Wildman–Crippen MR) is 66.7 cm³/mol. The van der Waals surface area contributed by atoms with Gasteiger partial charge in [0, 0.05) is 6.42 Å². The molecule has 96 valence electrons. The van der Waals surface area contributed by atoms with E-state index >= 15 is 0 Å². The second-order valence-corrected chi connectivity index (χ2v) is 4.20. The van der Waals surface area contributed by atoms with E-state index in [9.17, 15) is 4.39 Å². The highest BCUT2D eigenvalue weighted by Gasteiger charge is 2.04. The summed E-state index contributed by atoms with van der Waals surface area (Å²) >= 11 is 4.77. The van der Waals surface area contributed by atoms with Crippen LogP contribution in [0.4, 0.5) is 4.39 Å². The molecule has 0 saturated carbocycles. The molecule has 0 radical (unpaired) electrons. The van der Waals surface area contributed by atoms with Crippen LogP contribution in [0.15, 0.2) is 22.6 Å². The molecule has 0 bridgehead atoms. The molecule has 2 aromatic rings. The van der Waals surface area contributed by atoms with Crippen molar-refractivity contribution >= 4 is 12.2 Å². The molecule has 1 heterocycles. The average Bonchev–Trinajstić information content (AvgIpc) is 2.75. The monoisotopic (exact) mass is 268 g/mol. The lowest BCUT2D eigenvalue weighted by molar-refractivity contribution is 0.386. The van der Waals surface area contributed by atoms with Gasteiger partial charge in [-0.1, -0.05) is 6.07 Å². The fourth-order valence-corrected chi connectivity index (χ4v) is 1.82. The molecular formula is C12H13FN2O2S. The van der Waals surface area contributed by atoms with Gasteiger partial charge in [-0.15, -0.1) is 5.10 Å². The lowest BCUT2D eigenvalue weighted by atomic mass is 10.1. The van der Waals surface area contributed by atoms with Crippen LogP contribution in [0.3, 0.4) is 0 Å². The van der Waals surface area contributed by atoms with E-state index in [1.807, 2.05) is 6.07 Å². The van der Waals surface area contributed by atoms with E-state index < -0.39 is 0 Å². The molecular weight excluding hydrogens is 255 g/mol. The summed E-state index contributed by atoms with van der Waals surface area (Å²) in [5, 5.41) is 6.47. The zero-order chi connectivity index (χ0) is 13.0. The van der Waals surface area contributed by atoms with Crippen molar-refractivity contribution in [2.45, 2.75) is 19.3 Å². The van der Waals surface area contributed by atoms with Crippen molar-refractivity contribution in [1.29, 1.82) is 0 Å². The Balaban J connectivity index is 1.90. The molecule has 2 rings (SSSR count). The van der Waals surface area contributed by atoms with Crippen LogP contribution in [-0.4, -0.2) is 17.3 Å². The Labute approximate surface area is 109 Å². The highest BCUT2D eigenvalue weighted by molar-refractivity contribution is 7.71. The van der Waals surface area contributed by atoms with E-state index in [0.717, 1.165) is 18.4 Å². The van der Waals surface area contributed by atoms with E-state index in [1.54, 1.807) is 6.07 Å². The Bertz CT molecular complexity index is 579. The summed E-state index contributed by atoms with van der Waals surface area (Å²) in [6, 6.07) is 4.96. The maximum Gasteiger partial charge on any atom is 0.284 e. The van der Waals surface area contributed by atoms with Gasteiger partial charge in [-0.25, -0.2) is 9.49 Å². The number of aromatic amines is 1. The van der Waals surface area contributed by atoms with Gasteiger partial charge in [-0.3, -0.25) is 0 Å². The minimum Gasteiger partial charge on any atom is -0.494 e. The van der Waals surface area contributed by atoms with Gasteiger partial charge in [0.1, 0.15) is 0 Å². The topological polar surface area (TPSA) is 51.0 Å². The molecule has 0 aliphatic heterocycles. The van der Waals surface area contributed by atoms with Crippen LogP contribution in [0.5, 0.6) is 5.75 Å². The van der Waals surface area contributed by atoms with E-state index in [0.29, 0.717) is 12.3 Å². The van der Waals surface area contributed by atoms with Gasteiger partial charge in [0.05, 0.1) is 7.11 Å². The average molecular weight is 268 g/mol. The molecule has 4 nitrogen and oxygen atoms in total. The third kappa shape index (κ3) is 3.16. The first-order chi connectivity index (χ1) is 8.69. The number of hydrogen-bond acceptors (Lipinski definition) is 4. The van der Waals surface area contributed by atoms with Crippen LogP contribution in [-0.2, 0) is 12.8 Å². The summed E-state index contributed by atoms with van der Waals surface area (Å²) in [7, 11) is 1.45. The maximum absolute atomic E-state index is 13.4. The Kier molecular flexibility index (Phi) is 4.09. The lowest BCUT2D eigenvalue weighted by Gasteiger charge is -2.04. The lowest BCUT2D eigenvalue weighted by Crippen LogP contribution is -1.93. The van der Waals surface area contributed by atoms with Gasteiger partial charge in [-0.05, 0) is 42.8 Å². The SMILES string of the molecule is COc1ccc(CCCc2n[nH]c(=S)o2)cc1F. The summed E-state index contributed by atoms with van der Waals surface area (Å²) in [6.45, 7) is 0. The van der Waals surface area contributed by atoms with Crippen LogP contribution < -0.4 is 4.74 Å². The van der Waals surface area contributed by atoms with Crippen LogP contribution in [0.2, 0.25) is 0 Å². The summed E-state index contributed by atoms with van der Waals surface area (Å²) in [6.07, 6.45) is 2.23. The van der Waals surface area contributed by atoms with Gasteiger partial charge < -0.3 is 9.15 Å². The van der Waals surface area contributed by atoms with Gasteiger partial charge in [-0.2, -0.15) is 0 Å². The quantitative estimate of drug-likeness (QED) is 0.847. The van der Waals surface area contributed by atoms with Gasteiger partial charge in [0.25, 0.3) is 4.84 Å². The fraction of sp³-hybridized carbons (Fsp3) is 0.333. The first-order valence-corrected chi connectivity index (χ1v) is 5.96. The molecule has 1 aromatic heterocycles. The molecule has 6 heteroatoms. The summed E-state index contributed by atoms with van der Waals surface area (Å²) in [4.78, 5) is 0.278. The fourth-order valence-electron chi connectivity index (χ4n) is 1.68. The minimum atomic E-state index is -0.340. The van der Waals surface area contributed by atoms with Crippen molar-refractivity contribution < 1.29 is 13.5 Å². The summed E-state index contributed by atoms with van der Waals surface area (Å²) in [5.74, 6) is 0.498. The normalized spacial score (nSPS) is 10.6. The van der Waals surface area contributed by atoms with Gasteiger partial charge >= 0.3 is 0 Å². The molecule has 0 amide bonds. The Hall–Kier alpha value is -1.69. The van der Waals surface area contributed by atoms with Gasteiger partial charge in [0.2, 0.25) is 5.89 Å². The number of hydrogen-bond donors (Lipinski definition) is 1. The number of aromatic nitrogens is 2. The maximum atomic E-state index is 13.4. The number of benzene rings is 1. The molecule has 18 heavy (non-hydrogen) atoms. The molecule has 0 aliphatic rings. The first kappa shape index (κ1) is 12.8. The molecule has 0 aliphatic carbocycles. The number of H-pyrrole nitrogens is 1. The van der Waals surface area contributed by atoms with Crippen molar-refractivity contribution in [3.05, 3.63) is 40.3 Å². The van der Waals surface area contributed by atoms with E-state index in [2.05, 4.69) is 10.2 Å². The number of rotatable bonds is 5. The van der Waals surface area contributed by atoms with Crippen molar-refractivity contribution in [3.63, 3.8) is 0 Å². The summed E-state index contributed by atoms with van der Waals surface area (Å²) < 4.78 is 23.4. The number of aryl methyl sites for hydroxylation is 2. The van der Waals surface area contributed by atoms with Crippen LogP contribution >= 0.6 is 12.2 Å². The number of halogens is 1. The second-order valence-electron chi connectivity index (χ2n) is 3.83. The Morgan fingerprint density at radius 1 is 1.44 bits per heavy atom. The second kappa shape index (κ2) is 5.77. The van der Waals surface area contributed by atoms with Gasteiger partial charge in [0.15, 0.2) is 11.6 Å². The number of nitrogens with one attached hydrogen (secondary N) is 1. The smallest absolute Gasteiger partial charge is 0.284 e. The van der Waals surface area contributed by atoms with Crippen LogP contribution in [0.1, 0.15) is 17.9 Å². The van der Waals surface area contributed by atoms with E-state index in [4.69, 9.17) is 21.4 Å². The largest absolute Gasteiger partial charge is 0.494 e. The zero-order valence-corrected chi connectivity index (χ0v) is 10.7. The molecule has 0 fully saturated rings. The molecule has 0 spiro atoms. The molecule has 0 atom stereocenters. The Morgan fingerprint density at radius 2 is 2.28 bits per heavy atom. The highest BCUT2D eigenvalue weighted by Crippen LogP contribution is 2.18. The van der Waals surface area contributed by atoms with Crippen molar-refractivity contribution in [1.82, 2.24) is 10.2 Å². The number of ether oxygens (including phenoxy) is 1. The predicted octanol–water partition coefficient (Wildman–Crippen LogP) is 3.06. The third-order valence-corrected chi connectivity index (χ3v) is 2.73. The molecule has 1 aromatic carbocycles. The van der Waals surface area contributed by atoms with Crippen molar-refractivity contribution in [3.8, 4) is 5.75 Å². The molecule has 1 N–H and O–H groups in total. The van der Waals surface area contributed by atoms with Crippen molar-refractivity contribution in [2.75, 3.05) is 7.11 Å². The van der Waals surface area contributed by atoms with Crippen molar-refractivity contribution in [2.24, 2.45) is 0 Å².